The molecule has 7 nitrogen and oxygen atoms in total. The highest BCUT2D eigenvalue weighted by Crippen LogP contribution is 2.32. The Bertz CT molecular complexity index is 1430. The summed E-state index contributed by atoms with van der Waals surface area (Å²) < 4.78 is 4.79. The molecule has 1 aliphatic rings. The van der Waals surface area contributed by atoms with Crippen molar-refractivity contribution in [2.45, 2.75) is 33.9 Å². The Morgan fingerprint density at radius 1 is 0.938 bits per heavy atom. The first kappa shape index (κ1) is 20.3. The van der Waals surface area contributed by atoms with E-state index in [2.05, 4.69) is 43.0 Å². The highest BCUT2D eigenvalue weighted by molar-refractivity contribution is 5.77. The van der Waals surface area contributed by atoms with Gasteiger partial charge in [0, 0.05) is 25.8 Å². The van der Waals surface area contributed by atoms with Crippen molar-refractivity contribution in [3.63, 3.8) is 0 Å². The number of hydrogen-bond acceptors (Lipinski definition) is 4. The summed E-state index contributed by atoms with van der Waals surface area (Å²) in [5.74, 6) is 1.03. The summed E-state index contributed by atoms with van der Waals surface area (Å²) in [5, 5.41) is 0. The van der Waals surface area contributed by atoms with Gasteiger partial charge in [0.25, 0.3) is 5.56 Å². The number of benzene rings is 2. The van der Waals surface area contributed by atoms with Gasteiger partial charge in [-0.25, -0.2) is 4.79 Å². The first-order chi connectivity index (χ1) is 15.3. The fourth-order valence-corrected chi connectivity index (χ4v) is 4.46. The van der Waals surface area contributed by atoms with Crippen molar-refractivity contribution >= 4 is 22.8 Å². The van der Waals surface area contributed by atoms with Gasteiger partial charge in [-0.1, -0.05) is 54.4 Å². The maximum absolute atomic E-state index is 13.6. The molecule has 1 unspecified atom stereocenters. The molecular weight excluding hydrogens is 402 g/mol. The van der Waals surface area contributed by atoms with Crippen LogP contribution in [0.25, 0.3) is 11.2 Å². The van der Waals surface area contributed by atoms with Gasteiger partial charge in [-0.2, -0.15) is 4.98 Å². The minimum absolute atomic E-state index is 0.236. The lowest BCUT2D eigenvalue weighted by Gasteiger charge is -2.33. The Kier molecular flexibility index (Phi) is 4.77. The van der Waals surface area contributed by atoms with Crippen LogP contribution in [-0.4, -0.2) is 25.2 Å². The second kappa shape index (κ2) is 7.51. The van der Waals surface area contributed by atoms with E-state index in [1.807, 2.05) is 35.8 Å². The molecule has 1 atom stereocenters. The van der Waals surface area contributed by atoms with E-state index in [1.165, 1.54) is 14.7 Å². The molecule has 0 saturated heterocycles. The zero-order chi connectivity index (χ0) is 22.6. The van der Waals surface area contributed by atoms with Crippen molar-refractivity contribution in [1.29, 1.82) is 0 Å². The third-order valence-electron chi connectivity index (χ3n) is 6.25. The topological polar surface area (TPSA) is 65.1 Å². The number of aromatic nitrogens is 4. The Balaban J connectivity index is 1.70. The molecule has 0 radical (unpaired) electrons. The highest BCUT2D eigenvalue weighted by atomic mass is 16.2. The minimum atomic E-state index is -0.353. The number of anilines is 2. The number of imidazole rings is 1. The molecule has 0 fully saturated rings. The van der Waals surface area contributed by atoms with Gasteiger partial charge >= 0.3 is 5.69 Å². The first-order valence-corrected chi connectivity index (χ1v) is 10.9. The highest BCUT2D eigenvalue weighted by Gasteiger charge is 2.29. The van der Waals surface area contributed by atoms with E-state index in [0.717, 1.165) is 23.4 Å². The third-order valence-corrected chi connectivity index (χ3v) is 6.25. The maximum atomic E-state index is 13.6. The third kappa shape index (κ3) is 3.25. The fraction of sp³-hybridized carbons (Fsp3) is 0.320. The zero-order valence-corrected chi connectivity index (χ0v) is 18.9. The van der Waals surface area contributed by atoms with Gasteiger partial charge in [-0.05, 0) is 37.5 Å². The Labute approximate surface area is 186 Å². The van der Waals surface area contributed by atoms with Crippen molar-refractivity contribution in [3.8, 4) is 0 Å². The number of aryl methyl sites for hydroxylation is 3. The Hall–Kier alpha value is -3.61. The summed E-state index contributed by atoms with van der Waals surface area (Å²) in [6.07, 6.45) is 0. The predicted molar refractivity (Wildman–Crippen MR) is 127 cm³/mol. The first-order valence-electron chi connectivity index (χ1n) is 10.9. The van der Waals surface area contributed by atoms with Crippen molar-refractivity contribution in [3.05, 3.63) is 86.1 Å². The normalized spacial score (nSPS) is 15.9. The molecule has 0 N–H and O–H groups in total. The van der Waals surface area contributed by atoms with Crippen LogP contribution in [0.1, 0.15) is 23.6 Å². The summed E-state index contributed by atoms with van der Waals surface area (Å²) >= 11 is 0. The molecule has 0 amide bonds. The van der Waals surface area contributed by atoms with E-state index in [-0.39, 0.29) is 17.8 Å². The average Bonchev–Trinajstić information content (AvgIpc) is 3.16. The molecule has 4 aromatic rings. The lowest BCUT2D eigenvalue weighted by atomic mass is 10.1. The second-order valence-electron chi connectivity index (χ2n) is 8.96. The summed E-state index contributed by atoms with van der Waals surface area (Å²) in [5.41, 5.74) is 4.55. The molecule has 5 rings (SSSR count). The van der Waals surface area contributed by atoms with Crippen LogP contribution in [0, 0.1) is 19.8 Å². The molecule has 164 valence electrons. The van der Waals surface area contributed by atoms with Crippen LogP contribution in [0.3, 0.4) is 0 Å². The van der Waals surface area contributed by atoms with Crippen molar-refractivity contribution in [2.75, 3.05) is 11.4 Å². The van der Waals surface area contributed by atoms with E-state index in [0.29, 0.717) is 29.6 Å². The summed E-state index contributed by atoms with van der Waals surface area (Å²) in [4.78, 5) is 33.6. The van der Waals surface area contributed by atoms with Crippen LogP contribution in [0.15, 0.2) is 58.1 Å². The second-order valence-corrected chi connectivity index (χ2v) is 8.96. The van der Waals surface area contributed by atoms with E-state index in [1.54, 1.807) is 7.05 Å². The van der Waals surface area contributed by atoms with Crippen LogP contribution < -0.4 is 16.1 Å². The number of rotatable bonds is 3. The molecule has 1 aliphatic heterocycles. The molecule has 2 aromatic carbocycles. The number of fused-ring (bicyclic) bond motifs is 3. The molecule has 32 heavy (non-hydrogen) atoms. The van der Waals surface area contributed by atoms with Gasteiger partial charge in [0.1, 0.15) is 0 Å². The van der Waals surface area contributed by atoms with E-state index in [9.17, 15) is 9.59 Å². The largest absolute Gasteiger partial charge is 0.332 e. The van der Waals surface area contributed by atoms with Gasteiger partial charge in [0.2, 0.25) is 5.95 Å². The van der Waals surface area contributed by atoms with Gasteiger partial charge in [-0.3, -0.25) is 13.9 Å². The van der Waals surface area contributed by atoms with Crippen LogP contribution in [0.4, 0.5) is 11.6 Å². The number of hydrogen-bond donors (Lipinski definition) is 0. The smallest absolute Gasteiger partial charge is 0.312 e. The lowest BCUT2D eigenvalue weighted by molar-refractivity contribution is 0.458. The summed E-state index contributed by atoms with van der Waals surface area (Å²) in [6.45, 7) is 7.97. The van der Waals surface area contributed by atoms with Gasteiger partial charge in [0.05, 0.1) is 6.54 Å². The van der Waals surface area contributed by atoms with Crippen molar-refractivity contribution in [1.82, 2.24) is 18.7 Å². The summed E-state index contributed by atoms with van der Waals surface area (Å²) in [7, 11) is 1.69. The molecule has 0 bridgehead atoms. The van der Waals surface area contributed by atoms with Crippen LogP contribution in [-0.2, 0) is 20.1 Å². The molecule has 2 aromatic heterocycles. The predicted octanol–water partition coefficient (Wildman–Crippen LogP) is 3.35. The van der Waals surface area contributed by atoms with Crippen molar-refractivity contribution < 1.29 is 0 Å². The molecular formula is C25H27N5O2. The zero-order valence-electron chi connectivity index (χ0n) is 18.9. The average molecular weight is 430 g/mol. The SMILES string of the molecule is Cc1ccc(Cn2c(=O)c3c(nc4n3CC(C)CN4c3ccc(C)cc3)n(C)c2=O)cc1. The number of nitrogens with zero attached hydrogens (tertiary/aromatic N) is 5. The maximum Gasteiger partial charge on any atom is 0.332 e. The van der Waals surface area contributed by atoms with Gasteiger partial charge < -0.3 is 9.47 Å². The minimum Gasteiger partial charge on any atom is -0.312 e. The van der Waals surface area contributed by atoms with Gasteiger partial charge in [0.15, 0.2) is 11.2 Å². The van der Waals surface area contributed by atoms with E-state index >= 15 is 0 Å². The molecule has 0 aliphatic carbocycles. The fourth-order valence-electron chi connectivity index (χ4n) is 4.46. The van der Waals surface area contributed by atoms with Crippen LogP contribution in [0.5, 0.6) is 0 Å². The molecule has 0 spiro atoms. The monoisotopic (exact) mass is 429 g/mol. The molecule has 3 heterocycles. The standard InChI is InChI=1S/C25H27N5O2/c1-16-5-9-19(10-6-16)15-30-23(31)21-22(27(4)25(30)32)26-24-28(13-18(3)14-29(21)24)20-11-7-17(2)8-12-20/h5-12,18H,13-15H2,1-4H3. The lowest BCUT2D eigenvalue weighted by Crippen LogP contribution is -2.40. The van der Waals surface area contributed by atoms with E-state index < -0.39 is 0 Å². The Morgan fingerprint density at radius 2 is 1.56 bits per heavy atom. The van der Waals surface area contributed by atoms with Crippen LogP contribution in [0.2, 0.25) is 0 Å². The van der Waals surface area contributed by atoms with Crippen LogP contribution >= 0.6 is 0 Å². The summed E-state index contributed by atoms with van der Waals surface area (Å²) in [6, 6.07) is 16.2. The molecule has 7 heteroatoms. The Morgan fingerprint density at radius 3 is 2.22 bits per heavy atom. The van der Waals surface area contributed by atoms with E-state index in [4.69, 9.17) is 4.98 Å². The molecule has 0 saturated carbocycles. The van der Waals surface area contributed by atoms with Gasteiger partial charge in [-0.15, -0.1) is 0 Å². The van der Waals surface area contributed by atoms with Crippen molar-refractivity contribution in [2.24, 2.45) is 13.0 Å². The quantitative estimate of drug-likeness (QED) is 0.501.